The Labute approximate surface area is 167 Å². The van der Waals surface area contributed by atoms with Crippen LogP contribution in [-0.4, -0.2) is 58.6 Å². The minimum absolute atomic E-state index is 0.425. The SMILES string of the molecule is CCC1CCC(Cc2cc([C@@H]3O[C@H](CO)[C@@H](O)[C@H](O)[C@H]3O)ccc2OC)CC1. The molecule has 0 aromatic heterocycles. The lowest BCUT2D eigenvalue weighted by atomic mass is 9.78. The van der Waals surface area contributed by atoms with Crippen LogP contribution in [0.3, 0.4) is 0 Å². The molecule has 6 heteroatoms. The molecule has 1 heterocycles. The zero-order chi connectivity index (χ0) is 20.3. The predicted molar refractivity (Wildman–Crippen MR) is 105 cm³/mol. The van der Waals surface area contributed by atoms with Crippen molar-refractivity contribution in [3.8, 4) is 5.75 Å². The van der Waals surface area contributed by atoms with E-state index in [9.17, 15) is 20.4 Å². The number of ether oxygens (including phenoxy) is 2. The van der Waals surface area contributed by atoms with Crippen LogP contribution in [0.5, 0.6) is 5.75 Å². The minimum atomic E-state index is -1.37. The van der Waals surface area contributed by atoms with Gasteiger partial charge in [-0.3, -0.25) is 0 Å². The highest BCUT2D eigenvalue weighted by molar-refractivity contribution is 5.39. The molecule has 4 N–H and O–H groups in total. The van der Waals surface area contributed by atoms with Crippen molar-refractivity contribution < 1.29 is 29.9 Å². The maximum absolute atomic E-state index is 10.4. The van der Waals surface area contributed by atoms with Gasteiger partial charge >= 0.3 is 0 Å². The molecule has 5 atom stereocenters. The summed E-state index contributed by atoms with van der Waals surface area (Å²) in [6.45, 7) is 1.84. The summed E-state index contributed by atoms with van der Waals surface area (Å²) in [4.78, 5) is 0. The topological polar surface area (TPSA) is 99.4 Å². The predicted octanol–water partition coefficient (Wildman–Crippen LogP) is 1.97. The molecular formula is C22H34O6. The van der Waals surface area contributed by atoms with Gasteiger partial charge in [0.05, 0.1) is 13.7 Å². The van der Waals surface area contributed by atoms with Crippen molar-refractivity contribution in [1.29, 1.82) is 0 Å². The highest BCUT2D eigenvalue weighted by Crippen LogP contribution is 2.37. The Bertz CT molecular complexity index is 625. The third-order valence-corrected chi connectivity index (χ3v) is 6.58. The molecule has 0 radical (unpaired) electrons. The second-order valence-corrected chi connectivity index (χ2v) is 8.32. The average molecular weight is 395 g/mol. The van der Waals surface area contributed by atoms with E-state index >= 15 is 0 Å². The summed E-state index contributed by atoms with van der Waals surface area (Å²) in [6, 6.07) is 5.64. The zero-order valence-corrected chi connectivity index (χ0v) is 16.8. The van der Waals surface area contributed by atoms with Gasteiger partial charge in [0, 0.05) is 0 Å². The molecule has 158 valence electrons. The first-order chi connectivity index (χ1) is 13.5. The van der Waals surface area contributed by atoms with E-state index in [0.29, 0.717) is 5.92 Å². The number of hydrogen-bond acceptors (Lipinski definition) is 6. The van der Waals surface area contributed by atoms with E-state index in [0.717, 1.165) is 29.2 Å². The molecule has 2 aliphatic rings. The Morgan fingerprint density at radius 3 is 2.29 bits per heavy atom. The summed E-state index contributed by atoms with van der Waals surface area (Å²) in [5, 5.41) is 39.9. The molecule has 0 spiro atoms. The average Bonchev–Trinajstić information content (AvgIpc) is 2.73. The Morgan fingerprint density at radius 2 is 1.68 bits per heavy atom. The Kier molecular flexibility index (Phi) is 7.34. The summed E-state index contributed by atoms with van der Waals surface area (Å²) in [5.41, 5.74) is 1.78. The van der Waals surface area contributed by atoms with Crippen LogP contribution in [0.1, 0.15) is 56.3 Å². The van der Waals surface area contributed by atoms with E-state index in [1.54, 1.807) is 7.11 Å². The normalized spacial score (nSPS) is 36.3. The Hall–Kier alpha value is -1.18. The first-order valence-electron chi connectivity index (χ1n) is 10.5. The van der Waals surface area contributed by atoms with Crippen LogP contribution in [0.15, 0.2) is 18.2 Å². The molecule has 0 bridgehead atoms. The van der Waals surface area contributed by atoms with Gasteiger partial charge in [-0.1, -0.05) is 32.3 Å². The second-order valence-electron chi connectivity index (χ2n) is 8.32. The summed E-state index contributed by atoms with van der Waals surface area (Å²) in [5.74, 6) is 2.27. The third-order valence-electron chi connectivity index (χ3n) is 6.58. The molecule has 0 amide bonds. The van der Waals surface area contributed by atoms with Gasteiger partial charge in [-0.15, -0.1) is 0 Å². The fourth-order valence-electron chi connectivity index (χ4n) is 4.67. The van der Waals surface area contributed by atoms with Gasteiger partial charge in [0.2, 0.25) is 0 Å². The molecule has 0 unspecified atom stereocenters. The Balaban J connectivity index is 1.78. The second kappa shape index (κ2) is 9.55. The summed E-state index contributed by atoms with van der Waals surface area (Å²) in [6.07, 6.45) is 1.44. The molecule has 1 saturated carbocycles. The molecule has 3 rings (SSSR count). The number of rotatable bonds is 6. The highest BCUT2D eigenvalue weighted by Gasteiger charge is 2.44. The van der Waals surface area contributed by atoms with Gasteiger partial charge in [-0.2, -0.15) is 0 Å². The Morgan fingerprint density at radius 1 is 1.00 bits per heavy atom. The van der Waals surface area contributed by atoms with Crippen LogP contribution < -0.4 is 4.74 Å². The quantitative estimate of drug-likeness (QED) is 0.589. The van der Waals surface area contributed by atoms with Crippen molar-refractivity contribution in [2.24, 2.45) is 11.8 Å². The molecule has 1 aromatic carbocycles. The highest BCUT2D eigenvalue weighted by atomic mass is 16.5. The lowest BCUT2D eigenvalue weighted by Gasteiger charge is -2.40. The van der Waals surface area contributed by atoms with Crippen molar-refractivity contribution in [3.63, 3.8) is 0 Å². The smallest absolute Gasteiger partial charge is 0.122 e. The number of aliphatic hydroxyl groups is 4. The molecule has 1 aliphatic heterocycles. The first kappa shape index (κ1) is 21.5. The zero-order valence-electron chi connectivity index (χ0n) is 16.8. The maximum atomic E-state index is 10.4. The van der Waals surface area contributed by atoms with E-state index in [2.05, 4.69) is 6.92 Å². The number of methoxy groups -OCH3 is 1. The molecule has 1 aromatic rings. The van der Waals surface area contributed by atoms with Crippen molar-refractivity contribution in [2.75, 3.05) is 13.7 Å². The van der Waals surface area contributed by atoms with Crippen LogP contribution in [-0.2, 0) is 11.2 Å². The fourth-order valence-corrected chi connectivity index (χ4v) is 4.67. The summed E-state index contributed by atoms with van der Waals surface area (Å²) < 4.78 is 11.3. The van der Waals surface area contributed by atoms with E-state index in [4.69, 9.17) is 9.47 Å². The molecular weight excluding hydrogens is 360 g/mol. The van der Waals surface area contributed by atoms with Gasteiger partial charge < -0.3 is 29.9 Å². The number of hydrogen-bond donors (Lipinski definition) is 4. The first-order valence-corrected chi connectivity index (χ1v) is 10.5. The molecule has 1 saturated heterocycles. The number of benzene rings is 1. The van der Waals surface area contributed by atoms with Crippen molar-refractivity contribution >= 4 is 0 Å². The molecule has 6 nitrogen and oxygen atoms in total. The van der Waals surface area contributed by atoms with Crippen LogP contribution in [0.4, 0.5) is 0 Å². The van der Waals surface area contributed by atoms with E-state index in [1.807, 2.05) is 18.2 Å². The van der Waals surface area contributed by atoms with Gasteiger partial charge in [-0.25, -0.2) is 0 Å². The monoisotopic (exact) mass is 394 g/mol. The summed E-state index contributed by atoms with van der Waals surface area (Å²) >= 11 is 0. The van der Waals surface area contributed by atoms with E-state index in [1.165, 1.54) is 32.1 Å². The fraction of sp³-hybridized carbons (Fsp3) is 0.727. The van der Waals surface area contributed by atoms with Crippen LogP contribution in [0.25, 0.3) is 0 Å². The van der Waals surface area contributed by atoms with E-state index in [-0.39, 0.29) is 0 Å². The van der Waals surface area contributed by atoms with Gasteiger partial charge in [0.15, 0.2) is 0 Å². The van der Waals surface area contributed by atoms with Crippen LogP contribution in [0.2, 0.25) is 0 Å². The minimum Gasteiger partial charge on any atom is -0.496 e. The third kappa shape index (κ3) is 4.52. The number of aliphatic hydroxyl groups excluding tert-OH is 4. The molecule has 1 aliphatic carbocycles. The van der Waals surface area contributed by atoms with Crippen molar-refractivity contribution in [2.45, 2.75) is 76.0 Å². The van der Waals surface area contributed by atoms with Gasteiger partial charge in [0.1, 0.15) is 36.3 Å². The molecule has 2 fully saturated rings. The maximum Gasteiger partial charge on any atom is 0.122 e. The molecule has 28 heavy (non-hydrogen) atoms. The largest absolute Gasteiger partial charge is 0.496 e. The standard InChI is InChI=1S/C22H34O6/c1-3-13-4-6-14(7-5-13)10-16-11-15(8-9-17(16)27-2)22-21(26)20(25)19(24)18(12-23)28-22/h8-9,11,13-14,18-26H,3-7,10,12H2,1-2H3/t13?,14?,18-,19-,20+,21-,22+/m1/s1. The van der Waals surface area contributed by atoms with Crippen molar-refractivity contribution in [1.82, 2.24) is 0 Å². The van der Waals surface area contributed by atoms with E-state index < -0.39 is 37.1 Å². The summed E-state index contributed by atoms with van der Waals surface area (Å²) in [7, 11) is 1.65. The lowest BCUT2D eigenvalue weighted by molar-refractivity contribution is -0.231. The van der Waals surface area contributed by atoms with Gasteiger partial charge in [0.25, 0.3) is 0 Å². The van der Waals surface area contributed by atoms with Crippen LogP contribution in [0, 0.1) is 11.8 Å². The van der Waals surface area contributed by atoms with Gasteiger partial charge in [-0.05, 0) is 54.4 Å². The van der Waals surface area contributed by atoms with Crippen LogP contribution >= 0.6 is 0 Å². The lowest BCUT2D eigenvalue weighted by Crippen LogP contribution is -2.55. The van der Waals surface area contributed by atoms with Crippen molar-refractivity contribution in [3.05, 3.63) is 29.3 Å².